The van der Waals surface area contributed by atoms with Crippen LogP contribution < -0.4 is 20.8 Å². The van der Waals surface area contributed by atoms with E-state index in [1.807, 2.05) is 0 Å². The van der Waals surface area contributed by atoms with E-state index >= 15 is 0 Å². The van der Waals surface area contributed by atoms with E-state index in [4.69, 9.17) is 14.9 Å². The highest BCUT2D eigenvalue weighted by Gasteiger charge is 2.31. The number of piperidine rings is 1. The average molecular weight is 535 g/mol. The number of aliphatic hydroxyl groups excluding tert-OH is 1. The number of β-amino-alcohol motifs (C(OH)–C–C–N with tert-alkyl or cyclic N) is 1. The minimum Gasteiger partial charge on any atom is -0.491 e. The van der Waals surface area contributed by atoms with Gasteiger partial charge in [0.05, 0.1) is 0 Å². The fraction of sp³-hybridized carbons (Fsp3) is 0.407. The van der Waals surface area contributed by atoms with E-state index in [0.717, 1.165) is 0 Å². The number of likely N-dealkylation sites (tertiary alicyclic amines) is 1. The Morgan fingerprint density at radius 1 is 1.16 bits per heavy atom. The van der Waals surface area contributed by atoms with Crippen LogP contribution in [0.4, 0.5) is 13.2 Å². The van der Waals surface area contributed by atoms with Gasteiger partial charge in [0.25, 0.3) is 0 Å². The summed E-state index contributed by atoms with van der Waals surface area (Å²) in [4.78, 5) is 26.1. The van der Waals surface area contributed by atoms with Crippen LogP contribution in [0, 0.1) is 12.8 Å². The molecule has 204 valence electrons. The third-order valence-electron chi connectivity index (χ3n) is 6.70. The zero-order valence-electron chi connectivity index (χ0n) is 20.8. The molecule has 1 fully saturated rings. The van der Waals surface area contributed by atoms with Gasteiger partial charge in [0.15, 0.2) is 0 Å². The summed E-state index contributed by atoms with van der Waals surface area (Å²) in [7, 11) is 0. The van der Waals surface area contributed by atoms with E-state index < -0.39 is 18.1 Å². The van der Waals surface area contributed by atoms with E-state index in [-0.39, 0.29) is 30.6 Å². The SMILES string of the molecule is Cc1c(Cc2ccc(OC(F)(F)F)cc2)c(=O)oc2cc(OC[C@H](O)CN3CCC(C(N)=O)CC3)ccc12. The summed E-state index contributed by atoms with van der Waals surface area (Å²) in [6, 6.07) is 10.4. The molecule has 1 atom stereocenters. The molecule has 38 heavy (non-hydrogen) atoms. The van der Waals surface area contributed by atoms with Crippen molar-refractivity contribution in [2.24, 2.45) is 11.7 Å². The maximum atomic E-state index is 12.7. The molecule has 0 aliphatic carbocycles. The quantitative estimate of drug-likeness (QED) is 0.404. The number of benzene rings is 2. The van der Waals surface area contributed by atoms with Crippen molar-refractivity contribution >= 4 is 16.9 Å². The van der Waals surface area contributed by atoms with Gasteiger partial charge in [-0.05, 0) is 68.2 Å². The molecule has 0 radical (unpaired) electrons. The van der Waals surface area contributed by atoms with Crippen molar-refractivity contribution in [3.63, 3.8) is 0 Å². The van der Waals surface area contributed by atoms with Crippen LogP contribution in [0.25, 0.3) is 11.0 Å². The Bertz CT molecular complexity index is 1330. The number of ether oxygens (including phenoxy) is 2. The number of carbonyl (C=O) groups is 1. The number of primary amides is 1. The Labute approximate surface area is 216 Å². The molecule has 2 aromatic carbocycles. The summed E-state index contributed by atoms with van der Waals surface area (Å²) in [5.74, 6) is -0.310. The van der Waals surface area contributed by atoms with Crippen molar-refractivity contribution < 1.29 is 37.0 Å². The minimum absolute atomic E-state index is 0.0383. The number of hydrogen-bond acceptors (Lipinski definition) is 7. The van der Waals surface area contributed by atoms with Gasteiger partial charge in [-0.1, -0.05) is 12.1 Å². The summed E-state index contributed by atoms with van der Waals surface area (Å²) in [5, 5.41) is 11.1. The predicted octanol–water partition coefficient (Wildman–Crippen LogP) is 3.53. The van der Waals surface area contributed by atoms with Crippen LogP contribution in [-0.4, -0.2) is 54.6 Å². The molecule has 3 N–H and O–H groups in total. The molecular weight excluding hydrogens is 505 g/mol. The van der Waals surface area contributed by atoms with Crippen LogP contribution in [0.2, 0.25) is 0 Å². The first-order valence-corrected chi connectivity index (χ1v) is 12.2. The third kappa shape index (κ3) is 7.05. The van der Waals surface area contributed by atoms with Gasteiger partial charge in [-0.3, -0.25) is 4.79 Å². The molecule has 4 rings (SSSR count). The molecule has 1 amide bonds. The van der Waals surface area contributed by atoms with Crippen molar-refractivity contribution in [2.75, 3.05) is 26.2 Å². The second kappa shape index (κ2) is 11.4. The highest BCUT2D eigenvalue weighted by Crippen LogP contribution is 2.27. The molecule has 1 aromatic heterocycles. The molecular formula is C27H29F3N2O6. The van der Waals surface area contributed by atoms with Gasteiger partial charge >= 0.3 is 12.0 Å². The number of amides is 1. The molecule has 1 saturated heterocycles. The summed E-state index contributed by atoms with van der Waals surface area (Å²) < 4.78 is 52.3. The van der Waals surface area contributed by atoms with Crippen LogP contribution in [0.5, 0.6) is 11.5 Å². The molecule has 1 aliphatic heterocycles. The summed E-state index contributed by atoms with van der Waals surface area (Å²) in [5.41, 5.74) is 6.84. The Kier molecular flexibility index (Phi) is 8.27. The van der Waals surface area contributed by atoms with Crippen LogP contribution >= 0.6 is 0 Å². The van der Waals surface area contributed by atoms with Gasteiger partial charge in [-0.25, -0.2) is 4.79 Å². The summed E-state index contributed by atoms with van der Waals surface area (Å²) in [6.07, 6.45) is -4.00. The zero-order chi connectivity index (χ0) is 27.4. The molecule has 8 nitrogen and oxygen atoms in total. The zero-order valence-corrected chi connectivity index (χ0v) is 20.8. The topological polar surface area (TPSA) is 115 Å². The number of fused-ring (bicyclic) bond motifs is 1. The number of aliphatic hydroxyl groups is 1. The van der Waals surface area contributed by atoms with Crippen molar-refractivity contribution in [3.8, 4) is 11.5 Å². The van der Waals surface area contributed by atoms with Gasteiger partial charge in [-0.2, -0.15) is 0 Å². The van der Waals surface area contributed by atoms with E-state index in [1.165, 1.54) is 24.3 Å². The highest BCUT2D eigenvalue weighted by atomic mass is 19.4. The molecule has 0 saturated carbocycles. The molecule has 0 spiro atoms. The molecule has 3 aromatic rings. The molecule has 11 heteroatoms. The Morgan fingerprint density at radius 2 is 1.82 bits per heavy atom. The van der Waals surface area contributed by atoms with Crippen molar-refractivity contribution in [1.29, 1.82) is 0 Å². The molecule has 1 aliphatic rings. The first-order valence-electron chi connectivity index (χ1n) is 12.2. The highest BCUT2D eigenvalue weighted by molar-refractivity contribution is 5.82. The van der Waals surface area contributed by atoms with E-state index in [2.05, 4.69) is 9.64 Å². The normalized spacial score (nSPS) is 15.9. The van der Waals surface area contributed by atoms with Gasteiger partial charge in [0, 0.05) is 35.9 Å². The van der Waals surface area contributed by atoms with Crippen molar-refractivity contribution in [1.82, 2.24) is 4.90 Å². The second-order valence-electron chi connectivity index (χ2n) is 9.46. The second-order valence-corrected chi connectivity index (χ2v) is 9.46. The van der Waals surface area contributed by atoms with Crippen LogP contribution in [0.15, 0.2) is 51.7 Å². The lowest BCUT2D eigenvalue weighted by molar-refractivity contribution is -0.274. The fourth-order valence-electron chi connectivity index (χ4n) is 4.62. The maximum Gasteiger partial charge on any atom is 0.573 e. The van der Waals surface area contributed by atoms with E-state index in [9.17, 15) is 27.9 Å². The maximum absolute atomic E-state index is 12.7. The average Bonchev–Trinajstić information content (AvgIpc) is 2.85. The summed E-state index contributed by atoms with van der Waals surface area (Å²) >= 11 is 0. The number of nitrogens with two attached hydrogens (primary N) is 1. The smallest absolute Gasteiger partial charge is 0.491 e. The number of rotatable bonds is 9. The van der Waals surface area contributed by atoms with E-state index in [1.54, 1.807) is 25.1 Å². The Morgan fingerprint density at radius 3 is 2.45 bits per heavy atom. The van der Waals surface area contributed by atoms with Gasteiger partial charge in [0.2, 0.25) is 5.91 Å². The lowest BCUT2D eigenvalue weighted by atomic mass is 9.96. The first kappa shape index (κ1) is 27.5. The Hall–Kier alpha value is -3.57. The monoisotopic (exact) mass is 534 g/mol. The number of aryl methyl sites for hydroxylation is 1. The minimum atomic E-state index is -4.77. The molecule has 0 unspecified atom stereocenters. The predicted molar refractivity (Wildman–Crippen MR) is 133 cm³/mol. The van der Waals surface area contributed by atoms with Crippen LogP contribution in [0.3, 0.4) is 0 Å². The van der Waals surface area contributed by atoms with Gasteiger partial charge in [0.1, 0.15) is 29.8 Å². The van der Waals surface area contributed by atoms with Gasteiger partial charge < -0.3 is 29.6 Å². The van der Waals surface area contributed by atoms with Crippen molar-refractivity contribution in [2.45, 2.75) is 38.7 Å². The standard InChI is InChI=1S/C27H29F3N2O6/c1-16-22-7-6-21(36-15-19(33)14-32-10-8-18(9-11-32)25(31)34)13-24(22)37-26(35)23(16)12-17-2-4-20(5-3-17)38-27(28,29)30/h2-7,13,18-19,33H,8-12,14-15H2,1H3,(H2,31,34)/t19-/m1/s1. The number of halogens is 3. The van der Waals surface area contributed by atoms with Gasteiger partial charge in [-0.15, -0.1) is 13.2 Å². The number of hydrogen-bond donors (Lipinski definition) is 2. The Balaban J connectivity index is 1.38. The lowest BCUT2D eigenvalue weighted by Crippen LogP contribution is -2.43. The molecule has 0 bridgehead atoms. The van der Waals surface area contributed by atoms with Crippen LogP contribution in [-0.2, 0) is 11.2 Å². The summed E-state index contributed by atoms with van der Waals surface area (Å²) in [6.45, 7) is 3.58. The largest absolute Gasteiger partial charge is 0.573 e. The number of nitrogens with zero attached hydrogens (tertiary/aromatic N) is 1. The number of carbonyl (C=O) groups excluding carboxylic acids is 1. The first-order chi connectivity index (χ1) is 18.0. The van der Waals surface area contributed by atoms with E-state index in [0.29, 0.717) is 65.9 Å². The van der Waals surface area contributed by atoms with Crippen molar-refractivity contribution in [3.05, 3.63) is 69.6 Å². The molecule has 2 heterocycles. The van der Waals surface area contributed by atoms with Crippen LogP contribution in [0.1, 0.15) is 29.5 Å². The fourth-order valence-corrected chi connectivity index (χ4v) is 4.62. The lowest BCUT2D eigenvalue weighted by Gasteiger charge is -2.31. The number of alkyl halides is 3. The third-order valence-corrected chi connectivity index (χ3v) is 6.70.